The van der Waals surface area contributed by atoms with Gasteiger partial charge in [0.2, 0.25) is 5.91 Å². The zero-order valence-corrected chi connectivity index (χ0v) is 23.2. The molecule has 1 aromatic heterocycles. The summed E-state index contributed by atoms with van der Waals surface area (Å²) < 4.78 is 5.53. The number of thiophene rings is 1. The maximum atomic E-state index is 14.0. The van der Waals surface area contributed by atoms with Crippen molar-refractivity contribution >= 4 is 35.0 Å². The highest BCUT2D eigenvalue weighted by Gasteiger charge is 2.39. The van der Waals surface area contributed by atoms with Gasteiger partial charge in [-0.3, -0.25) is 4.79 Å². The molecule has 1 saturated carbocycles. The van der Waals surface area contributed by atoms with Crippen molar-refractivity contribution in [2.24, 2.45) is 11.8 Å². The van der Waals surface area contributed by atoms with Crippen LogP contribution in [0.2, 0.25) is 0 Å². The maximum absolute atomic E-state index is 14.0. The second kappa shape index (κ2) is 10.5. The molecule has 0 aromatic carbocycles. The van der Waals surface area contributed by atoms with Crippen LogP contribution in [0.25, 0.3) is 0 Å². The molecule has 1 aliphatic carbocycles. The van der Waals surface area contributed by atoms with Crippen molar-refractivity contribution < 1.29 is 24.2 Å². The average molecular weight is 507 g/mol. The highest BCUT2D eigenvalue weighted by molar-refractivity contribution is 7.14. The number of hydrogen-bond donors (Lipinski definition) is 1. The standard InChI is InChI=1S/C27H42N2O5S/c1-17-8-10-18(11-9-17)23(30)29(20-16-21(26(2,3)4)35-22(20)24(31)32)19-12-14-28(15-13-19)25(33)34-27(5,6)7/h16-19H,8-15H2,1-7H3,(H,31,32). The van der Waals surface area contributed by atoms with Gasteiger partial charge in [0.05, 0.1) is 5.69 Å². The number of hydrogen-bond acceptors (Lipinski definition) is 5. The number of amides is 2. The normalized spacial score (nSPS) is 22.1. The van der Waals surface area contributed by atoms with E-state index in [0.29, 0.717) is 37.5 Å². The van der Waals surface area contributed by atoms with Crippen molar-refractivity contribution in [3.05, 3.63) is 15.8 Å². The highest BCUT2D eigenvalue weighted by atomic mass is 32.1. The highest BCUT2D eigenvalue weighted by Crippen LogP contribution is 2.41. The molecular formula is C27H42N2O5S. The molecule has 0 atom stereocenters. The van der Waals surface area contributed by atoms with Gasteiger partial charge in [0.1, 0.15) is 10.5 Å². The van der Waals surface area contributed by atoms with Gasteiger partial charge in [-0.2, -0.15) is 0 Å². The Balaban J connectivity index is 1.91. The molecule has 1 aromatic rings. The minimum atomic E-state index is -0.998. The first-order valence-corrected chi connectivity index (χ1v) is 13.7. The van der Waals surface area contributed by atoms with E-state index in [0.717, 1.165) is 30.6 Å². The van der Waals surface area contributed by atoms with Gasteiger partial charge in [-0.25, -0.2) is 9.59 Å². The van der Waals surface area contributed by atoms with Crippen LogP contribution in [0.5, 0.6) is 0 Å². The Bertz CT molecular complexity index is 926. The van der Waals surface area contributed by atoms with E-state index in [1.165, 1.54) is 11.3 Å². The van der Waals surface area contributed by atoms with Crippen molar-refractivity contribution in [2.45, 2.75) is 104 Å². The maximum Gasteiger partial charge on any atom is 0.410 e. The molecule has 2 amide bonds. The molecule has 1 aliphatic heterocycles. The second-order valence-corrected chi connectivity index (χ2v) is 13.3. The predicted molar refractivity (Wildman–Crippen MR) is 139 cm³/mol. The third-order valence-electron chi connectivity index (χ3n) is 6.99. The van der Waals surface area contributed by atoms with E-state index in [2.05, 4.69) is 27.7 Å². The van der Waals surface area contributed by atoms with Crippen molar-refractivity contribution in [1.29, 1.82) is 0 Å². The first-order valence-electron chi connectivity index (χ1n) is 12.9. The topological polar surface area (TPSA) is 87.2 Å². The van der Waals surface area contributed by atoms with Crippen LogP contribution in [0.1, 0.15) is 102 Å². The Morgan fingerprint density at radius 3 is 2.06 bits per heavy atom. The zero-order chi connectivity index (χ0) is 26.1. The fraction of sp³-hybridized carbons (Fsp3) is 0.741. The number of rotatable bonds is 4. The SMILES string of the molecule is CC1CCC(C(=O)N(c2cc(C(C)(C)C)sc2C(=O)O)C2CCN(C(=O)OC(C)(C)C)CC2)CC1. The predicted octanol–water partition coefficient (Wildman–Crippen LogP) is 6.30. The van der Waals surface area contributed by atoms with Crippen LogP contribution >= 0.6 is 11.3 Å². The number of carbonyl (C=O) groups is 3. The summed E-state index contributed by atoms with van der Waals surface area (Å²) in [6.07, 6.45) is 4.56. The summed E-state index contributed by atoms with van der Waals surface area (Å²) in [6.45, 7) is 14.9. The number of aromatic carboxylic acids is 1. The summed E-state index contributed by atoms with van der Waals surface area (Å²) in [5.74, 6) is -0.433. The molecule has 1 saturated heterocycles. The fourth-order valence-electron chi connectivity index (χ4n) is 4.92. The Hall–Kier alpha value is -2.09. The molecule has 3 rings (SSSR count). The molecule has 0 radical (unpaired) electrons. The van der Waals surface area contributed by atoms with Gasteiger partial charge >= 0.3 is 12.1 Å². The number of likely N-dealkylation sites (tertiary alicyclic amines) is 1. The van der Waals surface area contributed by atoms with E-state index in [1.54, 1.807) is 9.80 Å². The molecule has 0 spiro atoms. The van der Waals surface area contributed by atoms with E-state index >= 15 is 0 Å². The molecule has 2 heterocycles. The van der Waals surface area contributed by atoms with Crippen molar-refractivity contribution in [2.75, 3.05) is 18.0 Å². The van der Waals surface area contributed by atoms with Crippen LogP contribution < -0.4 is 4.90 Å². The van der Waals surface area contributed by atoms with Crippen LogP contribution in [0.4, 0.5) is 10.5 Å². The number of piperidine rings is 1. The number of carboxylic acid groups (broad SMARTS) is 1. The van der Waals surface area contributed by atoms with Crippen LogP contribution in [0.15, 0.2) is 6.07 Å². The summed E-state index contributed by atoms with van der Waals surface area (Å²) in [6, 6.07) is 1.76. The van der Waals surface area contributed by atoms with E-state index in [9.17, 15) is 19.5 Å². The largest absolute Gasteiger partial charge is 0.477 e. The molecule has 0 unspecified atom stereocenters. The molecular weight excluding hydrogens is 464 g/mol. The molecule has 7 nitrogen and oxygen atoms in total. The van der Waals surface area contributed by atoms with Crippen LogP contribution in [-0.2, 0) is 14.9 Å². The summed E-state index contributed by atoms with van der Waals surface area (Å²) >= 11 is 1.27. The molecule has 0 bridgehead atoms. The lowest BCUT2D eigenvalue weighted by Gasteiger charge is -2.40. The Labute approximate surface area is 213 Å². The summed E-state index contributed by atoms with van der Waals surface area (Å²) in [5, 5.41) is 10.0. The lowest BCUT2D eigenvalue weighted by molar-refractivity contribution is -0.124. The quantitative estimate of drug-likeness (QED) is 0.518. The Kier molecular flexibility index (Phi) is 8.24. The van der Waals surface area contributed by atoms with Gasteiger partial charge in [-0.1, -0.05) is 27.7 Å². The monoisotopic (exact) mass is 506 g/mol. The van der Waals surface area contributed by atoms with Crippen molar-refractivity contribution in [1.82, 2.24) is 4.90 Å². The van der Waals surface area contributed by atoms with Gasteiger partial charge in [0.25, 0.3) is 0 Å². The lowest BCUT2D eigenvalue weighted by atomic mass is 9.82. The van der Waals surface area contributed by atoms with Crippen LogP contribution in [0.3, 0.4) is 0 Å². The number of carboxylic acids is 1. The minimum absolute atomic E-state index is 0.0355. The van der Waals surface area contributed by atoms with Crippen LogP contribution in [0, 0.1) is 11.8 Å². The Morgan fingerprint density at radius 1 is 1.00 bits per heavy atom. The van der Waals surface area contributed by atoms with E-state index < -0.39 is 11.6 Å². The van der Waals surface area contributed by atoms with Gasteiger partial charge in [0, 0.05) is 29.9 Å². The first-order chi connectivity index (χ1) is 16.2. The number of carbonyl (C=O) groups excluding carboxylic acids is 2. The van der Waals surface area contributed by atoms with Crippen LogP contribution in [-0.4, -0.2) is 52.7 Å². The third kappa shape index (κ3) is 6.78. The van der Waals surface area contributed by atoms with Crippen molar-refractivity contribution in [3.63, 3.8) is 0 Å². The Morgan fingerprint density at radius 2 is 1.57 bits per heavy atom. The molecule has 1 N–H and O–H groups in total. The minimum Gasteiger partial charge on any atom is -0.477 e. The summed E-state index contributed by atoms with van der Waals surface area (Å²) in [4.78, 5) is 43.5. The number of ether oxygens (including phenoxy) is 1. The lowest BCUT2D eigenvalue weighted by Crippen LogP contribution is -2.51. The number of nitrogens with zero attached hydrogens (tertiary/aromatic N) is 2. The smallest absolute Gasteiger partial charge is 0.410 e. The second-order valence-electron chi connectivity index (χ2n) is 12.2. The molecule has 2 fully saturated rings. The third-order valence-corrected chi connectivity index (χ3v) is 8.53. The number of anilines is 1. The summed E-state index contributed by atoms with van der Waals surface area (Å²) in [5.41, 5.74) is -0.265. The van der Waals surface area contributed by atoms with E-state index in [1.807, 2.05) is 26.8 Å². The molecule has 35 heavy (non-hydrogen) atoms. The van der Waals surface area contributed by atoms with Crippen molar-refractivity contribution in [3.8, 4) is 0 Å². The average Bonchev–Trinajstić information content (AvgIpc) is 3.19. The van der Waals surface area contributed by atoms with E-state index in [-0.39, 0.29) is 34.3 Å². The zero-order valence-electron chi connectivity index (χ0n) is 22.3. The fourth-order valence-corrected chi connectivity index (χ4v) is 5.96. The van der Waals surface area contributed by atoms with Gasteiger partial charge in [-0.15, -0.1) is 11.3 Å². The molecule has 8 heteroatoms. The van der Waals surface area contributed by atoms with E-state index in [4.69, 9.17) is 4.74 Å². The molecule has 196 valence electrons. The van der Waals surface area contributed by atoms with Gasteiger partial charge < -0.3 is 19.6 Å². The summed E-state index contributed by atoms with van der Waals surface area (Å²) in [7, 11) is 0. The van der Waals surface area contributed by atoms with Gasteiger partial charge in [0.15, 0.2) is 0 Å². The van der Waals surface area contributed by atoms with Gasteiger partial charge in [-0.05, 0) is 76.7 Å². The molecule has 2 aliphatic rings. The first kappa shape index (κ1) is 27.5.